The Hall–Kier alpha value is -1.29. The molecule has 2 rings (SSSR count). The summed E-state index contributed by atoms with van der Waals surface area (Å²) in [6.45, 7) is 4.05. The third-order valence-electron chi connectivity index (χ3n) is 3.34. The second kappa shape index (κ2) is 5.87. The van der Waals surface area contributed by atoms with Gasteiger partial charge < -0.3 is 15.4 Å². The molecule has 0 amide bonds. The summed E-state index contributed by atoms with van der Waals surface area (Å²) in [6.07, 6.45) is 6.35. The number of rotatable bonds is 5. The second-order valence-corrected chi connectivity index (χ2v) is 4.46. The lowest BCUT2D eigenvalue weighted by Gasteiger charge is -2.18. The van der Waals surface area contributed by atoms with E-state index in [0.29, 0.717) is 12.0 Å². The average Bonchev–Trinajstić information content (AvgIpc) is 2.84. The normalized spacial score (nSPS) is 23.6. The maximum atomic E-state index is 5.68. The molecule has 1 aromatic heterocycles. The molecule has 2 atom stereocenters. The smallest absolute Gasteiger partial charge is 0.0618 e. The van der Waals surface area contributed by atoms with Crippen LogP contribution in [-0.2, 0) is 4.74 Å². The van der Waals surface area contributed by atoms with E-state index in [9.17, 15) is 0 Å². The zero-order valence-corrected chi connectivity index (χ0v) is 10.6. The highest BCUT2D eigenvalue weighted by Crippen LogP contribution is 2.24. The minimum atomic E-state index is 0.419. The number of pyridine rings is 1. The summed E-state index contributed by atoms with van der Waals surface area (Å²) in [5.41, 5.74) is 2.10. The molecular weight excluding hydrogens is 214 g/mol. The molecule has 1 aromatic rings. The molecule has 0 aromatic carbocycles. The molecule has 2 heterocycles. The second-order valence-electron chi connectivity index (χ2n) is 4.46. The van der Waals surface area contributed by atoms with Crippen molar-refractivity contribution in [3.63, 3.8) is 0 Å². The van der Waals surface area contributed by atoms with E-state index < -0.39 is 0 Å². The van der Waals surface area contributed by atoms with Crippen LogP contribution >= 0.6 is 0 Å². The molecule has 0 saturated carbocycles. The Morgan fingerprint density at radius 1 is 1.41 bits per heavy atom. The SMILES string of the molecule is CCC1OCCC1CNc1cncc(NC)c1. The van der Waals surface area contributed by atoms with Crippen molar-refractivity contribution >= 4 is 11.4 Å². The molecule has 2 N–H and O–H groups in total. The van der Waals surface area contributed by atoms with Gasteiger partial charge >= 0.3 is 0 Å². The van der Waals surface area contributed by atoms with Gasteiger partial charge in [-0.3, -0.25) is 4.98 Å². The van der Waals surface area contributed by atoms with Crippen LogP contribution in [0, 0.1) is 5.92 Å². The van der Waals surface area contributed by atoms with Crippen molar-refractivity contribution in [2.75, 3.05) is 30.8 Å². The number of hydrogen-bond donors (Lipinski definition) is 2. The molecule has 1 fully saturated rings. The van der Waals surface area contributed by atoms with Crippen LogP contribution in [0.2, 0.25) is 0 Å². The molecule has 1 aliphatic heterocycles. The van der Waals surface area contributed by atoms with Gasteiger partial charge in [0.1, 0.15) is 0 Å². The number of ether oxygens (including phenoxy) is 1. The first-order valence-corrected chi connectivity index (χ1v) is 6.31. The van der Waals surface area contributed by atoms with Gasteiger partial charge in [-0.1, -0.05) is 6.92 Å². The van der Waals surface area contributed by atoms with Crippen molar-refractivity contribution < 1.29 is 4.74 Å². The monoisotopic (exact) mass is 235 g/mol. The van der Waals surface area contributed by atoms with Gasteiger partial charge in [0.05, 0.1) is 29.9 Å². The van der Waals surface area contributed by atoms with Crippen LogP contribution in [0.15, 0.2) is 18.5 Å². The lowest BCUT2D eigenvalue weighted by molar-refractivity contribution is 0.0900. The zero-order chi connectivity index (χ0) is 12.1. The van der Waals surface area contributed by atoms with Gasteiger partial charge in [0.15, 0.2) is 0 Å². The van der Waals surface area contributed by atoms with Gasteiger partial charge in [-0.25, -0.2) is 0 Å². The fourth-order valence-corrected chi connectivity index (χ4v) is 2.30. The molecule has 4 nitrogen and oxygen atoms in total. The highest BCUT2D eigenvalue weighted by atomic mass is 16.5. The van der Waals surface area contributed by atoms with Crippen LogP contribution in [0.25, 0.3) is 0 Å². The summed E-state index contributed by atoms with van der Waals surface area (Å²) in [6, 6.07) is 2.07. The predicted octanol–water partition coefficient (Wildman–Crippen LogP) is 2.35. The third kappa shape index (κ3) is 3.09. The summed E-state index contributed by atoms with van der Waals surface area (Å²) < 4.78 is 5.68. The van der Waals surface area contributed by atoms with E-state index in [2.05, 4.69) is 28.6 Å². The average molecular weight is 235 g/mol. The lowest BCUT2D eigenvalue weighted by atomic mass is 10.00. The molecule has 1 aliphatic rings. The van der Waals surface area contributed by atoms with Crippen molar-refractivity contribution in [1.29, 1.82) is 0 Å². The highest BCUT2D eigenvalue weighted by Gasteiger charge is 2.26. The van der Waals surface area contributed by atoms with Crippen LogP contribution < -0.4 is 10.6 Å². The maximum Gasteiger partial charge on any atom is 0.0618 e. The van der Waals surface area contributed by atoms with E-state index in [4.69, 9.17) is 4.74 Å². The predicted molar refractivity (Wildman–Crippen MR) is 70.4 cm³/mol. The van der Waals surface area contributed by atoms with Gasteiger partial charge in [-0.05, 0) is 18.9 Å². The van der Waals surface area contributed by atoms with E-state index >= 15 is 0 Å². The van der Waals surface area contributed by atoms with Gasteiger partial charge in [0, 0.05) is 26.1 Å². The molecule has 0 aliphatic carbocycles. The van der Waals surface area contributed by atoms with Gasteiger partial charge in [0.2, 0.25) is 0 Å². The van der Waals surface area contributed by atoms with E-state index in [-0.39, 0.29) is 0 Å². The number of hydrogen-bond acceptors (Lipinski definition) is 4. The van der Waals surface area contributed by atoms with E-state index in [1.165, 1.54) is 0 Å². The largest absolute Gasteiger partial charge is 0.387 e. The van der Waals surface area contributed by atoms with E-state index in [1.54, 1.807) is 0 Å². The van der Waals surface area contributed by atoms with Crippen molar-refractivity contribution in [2.24, 2.45) is 5.92 Å². The summed E-state index contributed by atoms with van der Waals surface area (Å²) in [4.78, 5) is 4.18. The maximum absolute atomic E-state index is 5.68. The highest BCUT2D eigenvalue weighted by molar-refractivity contribution is 5.53. The standard InChI is InChI=1S/C13H21N3O/c1-3-13-10(4-5-17-13)7-16-12-6-11(14-2)8-15-9-12/h6,8-10,13-14,16H,3-5,7H2,1-2H3. The first-order valence-electron chi connectivity index (χ1n) is 6.31. The summed E-state index contributed by atoms with van der Waals surface area (Å²) >= 11 is 0. The Morgan fingerprint density at radius 3 is 3.00 bits per heavy atom. The van der Waals surface area contributed by atoms with E-state index in [1.807, 2.05) is 19.4 Å². The van der Waals surface area contributed by atoms with Crippen molar-refractivity contribution in [1.82, 2.24) is 4.98 Å². The molecule has 94 valence electrons. The van der Waals surface area contributed by atoms with Crippen molar-refractivity contribution in [3.8, 4) is 0 Å². The fourth-order valence-electron chi connectivity index (χ4n) is 2.30. The van der Waals surface area contributed by atoms with Crippen molar-refractivity contribution in [2.45, 2.75) is 25.9 Å². The Labute approximate surface area is 103 Å². The number of anilines is 2. The van der Waals surface area contributed by atoms with Crippen LogP contribution in [0.5, 0.6) is 0 Å². The van der Waals surface area contributed by atoms with Crippen LogP contribution in [0.4, 0.5) is 11.4 Å². The Kier molecular flexibility index (Phi) is 4.20. The van der Waals surface area contributed by atoms with Gasteiger partial charge in [-0.2, -0.15) is 0 Å². The first-order chi connectivity index (χ1) is 8.33. The molecule has 17 heavy (non-hydrogen) atoms. The molecule has 0 radical (unpaired) electrons. The fraction of sp³-hybridized carbons (Fsp3) is 0.615. The molecular formula is C13H21N3O. The number of nitrogens with zero attached hydrogens (tertiary/aromatic N) is 1. The van der Waals surface area contributed by atoms with Gasteiger partial charge in [-0.15, -0.1) is 0 Å². The van der Waals surface area contributed by atoms with Crippen LogP contribution in [0.1, 0.15) is 19.8 Å². The Morgan fingerprint density at radius 2 is 2.24 bits per heavy atom. The Bertz CT molecular complexity index is 356. The molecule has 0 spiro atoms. The van der Waals surface area contributed by atoms with Crippen molar-refractivity contribution in [3.05, 3.63) is 18.5 Å². The van der Waals surface area contributed by atoms with E-state index in [0.717, 1.165) is 37.4 Å². The van der Waals surface area contributed by atoms with Gasteiger partial charge in [0.25, 0.3) is 0 Å². The summed E-state index contributed by atoms with van der Waals surface area (Å²) in [5.74, 6) is 0.623. The van der Waals surface area contributed by atoms with Crippen LogP contribution in [0.3, 0.4) is 0 Å². The molecule has 1 saturated heterocycles. The Balaban J connectivity index is 1.88. The topological polar surface area (TPSA) is 46.2 Å². The summed E-state index contributed by atoms with van der Waals surface area (Å²) in [5, 5.41) is 6.53. The minimum Gasteiger partial charge on any atom is -0.387 e. The molecule has 0 bridgehead atoms. The quantitative estimate of drug-likeness (QED) is 0.822. The number of aromatic nitrogens is 1. The summed E-state index contributed by atoms with van der Waals surface area (Å²) in [7, 11) is 1.90. The lowest BCUT2D eigenvalue weighted by Crippen LogP contribution is -2.22. The van der Waals surface area contributed by atoms with Crippen LogP contribution in [-0.4, -0.2) is 31.3 Å². The first kappa shape index (κ1) is 12.2. The number of nitrogens with one attached hydrogen (secondary N) is 2. The molecule has 4 heteroatoms. The molecule has 2 unspecified atom stereocenters. The third-order valence-corrected chi connectivity index (χ3v) is 3.34. The zero-order valence-electron chi connectivity index (χ0n) is 10.6. The minimum absolute atomic E-state index is 0.419.